The molecule has 26 heavy (non-hydrogen) atoms. The fraction of sp³-hybridized carbons (Fsp3) is 0.600. The van der Waals surface area contributed by atoms with E-state index in [9.17, 15) is 9.59 Å². The number of nitrogens with two attached hydrogens (primary N) is 1. The Kier molecular flexibility index (Phi) is 6.14. The molecule has 3 rings (SSSR count). The lowest BCUT2D eigenvalue weighted by Gasteiger charge is -2.30. The Hall–Kier alpha value is -2.08. The second-order valence-corrected chi connectivity index (χ2v) is 7.70. The first-order chi connectivity index (χ1) is 12.5. The van der Waals surface area contributed by atoms with Crippen LogP contribution in [0.1, 0.15) is 24.8 Å². The number of carbonyl (C=O) groups is 2. The monoisotopic (exact) mass is 358 g/mol. The van der Waals surface area contributed by atoms with Gasteiger partial charge in [0.1, 0.15) is 0 Å². The van der Waals surface area contributed by atoms with Crippen LogP contribution in [0, 0.1) is 18.8 Å². The normalized spacial score (nSPS) is 21.7. The molecule has 2 heterocycles. The smallest absolute Gasteiger partial charge is 0.231 e. The molecular formula is C20H30N4O2. The number of nitrogens with one attached hydrogen (secondary N) is 1. The molecule has 2 amide bonds. The van der Waals surface area contributed by atoms with Crippen LogP contribution in [0.25, 0.3) is 0 Å². The zero-order valence-electron chi connectivity index (χ0n) is 15.6. The van der Waals surface area contributed by atoms with Gasteiger partial charge in [0.25, 0.3) is 0 Å². The lowest BCUT2D eigenvalue weighted by Crippen LogP contribution is -2.44. The first-order valence-corrected chi connectivity index (χ1v) is 9.61. The number of carbonyl (C=O) groups excluding carboxylic acids is 2. The molecule has 0 spiro atoms. The predicted octanol–water partition coefficient (Wildman–Crippen LogP) is 1.13. The van der Waals surface area contributed by atoms with Crippen LogP contribution in [-0.2, 0) is 9.59 Å². The van der Waals surface area contributed by atoms with Crippen LogP contribution in [0.3, 0.4) is 0 Å². The molecule has 1 aromatic carbocycles. The highest BCUT2D eigenvalue weighted by atomic mass is 16.2. The average molecular weight is 358 g/mol. The van der Waals surface area contributed by atoms with Gasteiger partial charge in [0, 0.05) is 31.2 Å². The number of rotatable bonds is 6. The summed E-state index contributed by atoms with van der Waals surface area (Å²) in [4.78, 5) is 27.8. The number of benzene rings is 1. The molecule has 1 aromatic rings. The van der Waals surface area contributed by atoms with Crippen molar-refractivity contribution in [2.24, 2.45) is 17.6 Å². The minimum atomic E-state index is -0.299. The largest absolute Gasteiger partial charge is 0.371 e. The van der Waals surface area contributed by atoms with Crippen LogP contribution in [0.5, 0.6) is 0 Å². The molecule has 0 aliphatic carbocycles. The van der Waals surface area contributed by atoms with E-state index in [1.165, 1.54) is 11.3 Å². The summed E-state index contributed by atoms with van der Waals surface area (Å²) in [6.45, 7) is 6.74. The third-order valence-electron chi connectivity index (χ3n) is 5.59. The van der Waals surface area contributed by atoms with Crippen LogP contribution in [0.2, 0.25) is 0 Å². The molecule has 2 saturated heterocycles. The van der Waals surface area contributed by atoms with Gasteiger partial charge >= 0.3 is 0 Å². The summed E-state index contributed by atoms with van der Waals surface area (Å²) in [5, 5.41) is 3.16. The molecule has 0 saturated carbocycles. The molecule has 0 bridgehead atoms. The van der Waals surface area contributed by atoms with Gasteiger partial charge in [-0.25, -0.2) is 0 Å². The van der Waals surface area contributed by atoms with Gasteiger partial charge in [0.15, 0.2) is 0 Å². The maximum Gasteiger partial charge on any atom is 0.231 e. The highest BCUT2D eigenvalue weighted by Crippen LogP contribution is 2.24. The van der Waals surface area contributed by atoms with Gasteiger partial charge < -0.3 is 16.0 Å². The predicted molar refractivity (Wildman–Crippen MR) is 103 cm³/mol. The van der Waals surface area contributed by atoms with E-state index in [1.54, 1.807) is 0 Å². The molecule has 2 fully saturated rings. The number of amides is 2. The van der Waals surface area contributed by atoms with Crippen molar-refractivity contribution >= 4 is 17.5 Å². The summed E-state index contributed by atoms with van der Waals surface area (Å²) in [7, 11) is 0. The topological polar surface area (TPSA) is 78.7 Å². The van der Waals surface area contributed by atoms with E-state index in [2.05, 4.69) is 41.4 Å². The summed E-state index contributed by atoms with van der Waals surface area (Å²) in [5.41, 5.74) is 7.78. The van der Waals surface area contributed by atoms with E-state index in [0.717, 1.165) is 52.0 Å². The van der Waals surface area contributed by atoms with Crippen LogP contribution < -0.4 is 16.0 Å². The van der Waals surface area contributed by atoms with E-state index >= 15 is 0 Å². The van der Waals surface area contributed by atoms with E-state index in [0.29, 0.717) is 12.5 Å². The van der Waals surface area contributed by atoms with Gasteiger partial charge in [0.2, 0.25) is 11.8 Å². The molecule has 0 unspecified atom stereocenters. The lowest BCUT2D eigenvalue weighted by atomic mass is 9.95. The average Bonchev–Trinajstić information content (AvgIpc) is 3.09. The Morgan fingerprint density at radius 2 is 1.81 bits per heavy atom. The quantitative estimate of drug-likeness (QED) is 0.799. The van der Waals surface area contributed by atoms with Crippen molar-refractivity contribution in [2.75, 3.05) is 44.2 Å². The molecule has 2 aliphatic heterocycles. The number of hydrogen-bond acceptors (Lipinski definition) is 4. The first-order valence-electron chi connectivity index (χ1n) is 9.61. The molecule has 0 radical (unpaired) electrons. The molecule has 6 nitrogen and oxygen atoms in total. The molecule has 0 aromatic heterocycles. The molecular weight excluding hydrogens is 328 g/mol. The summed E-state index contributed by atoms with van der Waals surface area (Å²) in [6, 6.07) is 8.65. The maximum atomic E-state index is 12.4. The van der Waals surface area contributed by atoms with E-state index in [1.807, 2.05) is 4.90 Å². The highest BCUT2D eigenvalue weighted by molar-refractivity contribution is 5.79. The Bertz CT molecular complexity index is 623. The maximum absolute atomic E-state index is 12.4. The Balaban J connectivity index is 1.39. The van der Waals surface area contributed by atoms with Crippen molar-refractivity contribution < 1.29 is 9.59 Å². The summed E-state index contributed by atoms with van der Waals surface area (Å²) in [6.07, 6.45) is 2.73. The third kappa shape index (κ3) is 4.97. The zero-order chi connectivity index (χ0) is 18.5. The summed E-state index contributed by atoms with van der Waals surface area (Å²) >= 11 is 0. The first kappa shape index (κ1) is 18.7. The number of anilines is 1. The number of primary amides is 1. The van der Waals surface area contributed by atoms with Crippen molar-refractivity contribution in [3.63, 3.8) is 0 Å². The van der Waals surface area contributed by atoms with Gasteiger partial charge in [-0.1, -0.05) is 17.7 Å². The fourth-order valence-electron chi connectivity index (χ4n) is 3.95. The lowest BCUT2D eigenvalue weighted by molar-refractivity contribution is -0.126. The van der Waals surface area contributed by atoms with Gasteiger partial charge in [-0.2, -0.15) is 0 Å². The van der Waals surface area contributed by atoms with Gasteiger partial charge in [-0.05, 0) is 57.3 Å². The van der Waals surface area contributed by atoms with E-state index in [4.69, 9.17) is 5.73 Å². The van der Waals surface area contributed by atoms with Crippen LogP contribution in [-0.4, -0.2) is 56.0 Å². The number of likely N-dealkylation sites (tertiary alicyclic amines) is 1. The van der Waals surface area contributed by atoms with Crippen LogP contribution >= 0.6 is 0 Å². The Morgan fingerprint density at radius 1 is 1.12 bits per heavy atom. The third-order valence-corrected chi connectivity index (χ3v) is 5.59. The van der Waals surface area contributed by atoms with Crippen molar-refractivity contribution in [1.29, 1.82) is 0 Å². The minimum Gasteiger partial charge on any atom is -0.371 e. The van der Waals surface area contributed by atoms with Crippen molar-refractivity contribution in [2.45, 2.75) is 26.2 Å². The van der Waals surface area contributed by atoms with Gasteiger partial charge in [0.05, 0.1) is 6.54 Å². The molecule has 2 aliphatic rings. The fourth-order valence-corrected chi connectivity index (χ4v) is 3.95. The van der Waals surface area contributed by atoms with Gasteiger partial charge in [-0.15, -0.1) is 0 Å². The van der Waals surface area contributed by atoms with Crippen LogP contribution in [0.15, 0.2) is 24.3 Å². The molecule has 142 valence electrons. The van der Waals surface area contributed by atoms with E-state index in [-0.39, 0.29) is 17.7 Å². The Morgan fingerprint density at radius 3 is 2.46 bits per heavy atom. The number of hydrogen-bond donors (Lipinski definition) is 2. The zero-order valence-corrected chi connectivity index (χ0v) is 15.6. The van der Waals surface area contributed by atoms with Crippen molar-refractivity contribution in [3.05, 3.63) is 29.8 Å². The highest BCUT2D eigenvalue weighted by Gasteiger charge is 2.27. The number of aryl methyl sites for hydroxylation is 1. The van der Waals surface area contributed by atoms with E-state index < -0.39 is 0 Å². The Labute approximate surface area is 155 Å². The number of piperidine rings is 1. The standard InChI is InChI=1S/C20H30N4O2/c1-15-2-4-18(5-3-15)24-11-6-16(13-24)12-22-20(26)17-7-9-23(10-8-17)14-19(21)25/h2-5,16-17H,6-14H2,1H3,(H2,21,25)(H,22,26)/t16-/m0/s1. The second-order valence-electron chi connectivity index (χ2n) is 7.70. The molecule has 1 atom stereocenters. The number of nitrogens with zero attached hydrogens (tertiary/aromatic N) is 2. The summed E-state index contributed by atoms with van der Waals surface area (Å²) in [5.74, 6) is 0.439. The SMILES string of the molecule is Cc1ccc(N2CC[C@@H](CNC(=O)C3CCN(CC(N)=O)CC3)C2)cc1. The summed E-state index contributed by atoms with van der Waals surface area (Å²) < 4.78 is 0. The second kappa shape index (κ2) is 8.54. The van der Waals surface area contributed by atoms with Gasteiger partial charge in [-0.3, -0.25) is 14.5 Å². The minimum absolute atomic E-state index is 0.0636. The van der Waals surface area contributed by atoms with Crippen molar-refractivity contribution in [1.82, 2.24) is 10.2 Å². The van der Waals surface area contributed by atoms with Crippen molar-refractivity contribution in [3.8, 4) is 0 Å². The van der Waals surface area contributed by atoms with Crippen LogP contribution in [0.4, 0.5) is 5.69 Å². The molecule has 6 heteroatoms. The molecule has 3 N–H and O–H groups in total.